The standard InChI is InChI=1S/C12H13FO3/c13-8-2-3-10(14)9(6-8)12(4-1-5-12)7-11(15)16/h2-3,6,14H,1,4-5,7H2,(H,15,16). The van der Waals surface area contributed by atoms with Crippen molar-refractivity contribution >= 4 is 5.97 Å². The van der Waals surface area contributed by atoms with Crippen molar-refractivity contribution in [3.05, 3.63) is 29.6 Å². The molecular formula is C12H13FO3. The average molecular weight is 224 g/mol. The van der Waals surface area contributed by atoms with Gasteiger partial charge in [-0.25, -0.2) is 4.39 Å². The molecule has 1 aromatic carbocycles. The number of carboxylic acid groups (broad SMARTS) is 1. The molecule has 0 spiro atoms. The highest BCUT2D eigenvalue weighted by Crippen LogP contribution is 2.49. The second kappa shape index (κ2) is 3.77. The molecule has 1 aromatic rings. The Bertz CT molecular complexity index is 424. The summed E-state index contributed by atoms with van der Waals surface area (Å²) in [7, 11) is 0. The topological polar surface area (TPSA) is 57.5 Å². The Labute approximate surface area is 92.5 Å². The van der Waals surface area contributed by atoms with Crippen LogP contribution >= 0.6 is 0 Å². The lowest BCUT2D eigenvalue weighted by atomic mass is 9.62. The van der Waals surface area contributed by atoms with Crippen LogP contribution in [0.25, 0.3) is 0 Å². The number of halogens is 1. The summed E-state index contributed by atoms with van der Waals surface area (Å²) in [4.78, 5) is 10.8. The van der Waals surface area contributed by atoms with Crippen LogP contribution in [-0.2, 0) is 10.2 Å². The van der Waals surface area contributed by atoms with E-state index < -0.39 is 17.2 Å². The highest BCUT2D eigenvalue weighted by molar-refractivity contribution is 5.70. The summed E-state index contributed by atoms with van der Waals surface area (Å²) in [6.45, 7) is 0. The van der Waals surface area contributed by atoms with E-state index in [1.807, 2.05) is 0 Å². The van der Waals surface area contributed by atoms with Gasteiger partial charge in [0.05, 0.1) is 6.42 Å². The summed E-state index contributed by atoms with van der Waals surface area (Å²) in [5.74, 6) is -1.37. The minimum Gasteiger partial charge on any atom is -0.508 e. The van der Waals surface area contributed by atoms with E-state index in [0.717, 1.165) is 6.42 Å². The maximum Gasteiger partial charge on any atom is 0.304 e. The molecule has 0 atom stereocenters. The van der Waals surface area contributed by atoms with E-state index in [0.29, 0.717) is 18.4 Å². The summed E-state index contributed by atoms with van der Waals surface area (Å²) in [6, 6.07) is 3.70. The molecule has 0 radical (unpaired) electrons. The van der Waals surface area contributed by atoms with Crippen molar-refractivity contribution in [2.24, 2.45) is 0 Å². The predicted molar refractivity (Wildman–Crippen MR) is 55.8 cm³/mol. The zero-order chi connectivity index (χ0) is 11.8. The molecule has 1 fully saturated rings. The van der Waals surface area contributed by atoms with Crippen LogP contribution in [0.1, 0.15) is 31.2 Å². The molecule has 0 heterocycles. The molecule has 2 N–H and O–H groups in total. The van der Waals surface area contributed by atoms with Crippen molar-refractivity contribution in [1.29, 1.82) is 0 Å². The Balaban J connectivity index is 2.39. The lowest BCUT2D eigenvalue weighted by Crippen LogP contribution is -2.36. The second-order valence-corrected chi connectivity index (χ2v) is 4.37. The normalized spacial score (nSPS) is 17.8. The van der Waals surface area contributed by atoms with Crippen LogP contribution in [0.4, 0.5) is 4.39 Å². The van der Waals surface area contributed by atoms with Crippen molar-refractivity contribution in [3.8, 4) is 5.75 Å². The Kier molecular flexibility index (Phi) is 2.58. The minimum absolute atomic E-state index is 0.0117. The van der Waals surface area contributed by atoms with Crippen molar-refractivity contribution in [2.75, 3.05) is 0 Å². The van der Waals surface area contributed by atoms with Crippen LogP contribution in [0.5, 0.6) is 5.75 Å². The van der Waals surface area contributed by atoms with Crippen molar-refractivity contribution in [3.63, 3.8) is 0 Å². The van der Waals surface area contributed by atoms with Gasteiger partial charge in [-0.3, -0.25) is 4.79 Å². The van der Waals surface area contributed by atoms with Crippen LogP contribution in [0.15, 0.2) is 18.2 Å². The number of aromatic hydroxyl groups is 1. The molecule has 2 rings (SSSR count). The Morgan fingerprint density at radius 2 is 2.12 bits per heavy atom. The van der Waals surface area contributed by atoms with Crippen LogP contribution in [0.2, 0.25) is 0 Å². The molecule has 0 unspecified atom stereocenters. The fourth-order valence-electron chi connectivity index (χ4n) is 2.37. The van der Waals surface area contributed by atoms with Gasteiger partial charge in [-0.15, -0.1) is 0 Å². The Morgan fingerprint density at radius 3 is 2.62 bits per heavy atom. The first-order chi connectivity index (χ1) is 7.53. The Morgan fingerprint density at radius 1 is 1.44 bits per heavy atom. The molecule has 4 heteroatoms. The van der Waals surface area contributed by atoms with E-state index >= 15 is 0 Å². The maximum atomic E-state index is 13.1. The number of carboxylic acids is 1. The number of rotatable bonds is 3. The van der Waals surface area contributed by atoms with Crippen LogP contribution < -0.4 is 0 Å². The first-order valence-electron chi connectivity index (χ1n) is 5.24. The lowest BCUT2D eigenvalue weighted by molar-refractivity contribution is -0.139. The molecule has 16 heavy (non-hydrogen) atoms. The third-order valence-electron chi connectivity index (χ3n) is 3.33. The first kappa shape index (κ1) is 10.9. The SMILES string of the molecule is O=C(O)CC1(c2cc(F)ccc2O)CCC1. The number of hydrogen-bond donors (Lipinski definition) is 2. The third-order valence-corrected chi connectivity index (χ3v) is 3.33. The first-order valence-corrected chi connectivity index (χ1v) is 5.24. The zero-order valence-corrected chi connectivity index (χ0v) is 8.74. The van der Waals surface area contributed by atoms with Gasteiger partial charge in [-0.05, 0) is 31.0 Å². The highest BCUT2D eigenvalue weighted by Gasteiger charge is 2.42. The lowest BCUT2D eigenvalue weighted by Gasteiger charge is -2.41. The van der Waals surface area contributed by atoms with Crippen LogP contribution in [0, 0.1) is 5.82 Å². The van der Waals surface area contributed by atoms with Gasteiger partial charge in [0.1, 0.15) is 11.6 Å². The van der Waals surface area contributed by atoms with Gasteiger partial charge < -0.3 is 10.2 Å². The van der Waals surface area contributed by atoms with E-state index in [1.165, 1.54) is 18.2 Å². The fourth-order valence-corrected chi connectivity index (χ4v) is 2.37. The van der Waals surface area contributed by atoms with E-state index in [4.69, 9.17) is 5.11 Å². The van der Waals surface area contributed by atoms with Gasteiger partial charge in [-0.2, -0.15) is 0 Å². The maximum absolute atomic E-state index is 13.1. The van der Waals surface area contributed by atoms with E-state index in [9.17, 15) is 14.3 Å². The molecule has 0 aliphatic heterocycles. The number of benzene rings is 1. The molecular weight excluding hydrogens is 211 g/mol. The minimum atomic E-state index is -0.914. The summed E-state index contributed by atoms with van der Waals surface area (Å²) in [5.41, 5.74) is -0.140. The fraction of sp³-hybridized carbons (Fsp3) is 0.417. The van der Waals surface area contributed by atoms with Gasteiger partial charge in [0.2, 0.25) is 0 Å². The molecule has 1 saturated carbocycles. The summed E-state index contributed by atoms with van der Waals surface area (Å²) >= 11 is 0. The summed E-state index contributed by atoms with van der Waals surface area (Å²) < 4.78 is 13.1. The zero-order valence-electron chi connectivity index (χ0n) is 8.74. The van der Waals surface area contributed by atoms with Crippen molar-refractivity contribution in [2.45, 2.75) is 31.1 Å². The summed E-state index contributed by atoms with van der Waals surface area (Å²) in [6.07, 6.45) is 2.25. The molecule has 86 valence electrons. The molecule has 1 aliphatic rings. The number of phenols is 1. The van der Waals surface area contributed by atoms with Crippen LogP contribution in [0.3, 0.4) is 0 Å². The average Bonchev–Trinajstić information content (AvgIpc) is 2.15. The van der Waals surface area contributed by atoms with Crippen LogP contribution in [-0.4, -0.2) is 16.2 Å². The largest absolute Gasteiger partial charge is 0.508 e. The van der Waals surface area contributed by atoms with Crippen molar-refractivity contribution in [1.82, 2.24) is 0 Å². The molecule has 0 aromatic heterocycles. The van der Waals surface area contributed by atoms with E-state index in [2.05, 4.69) is 0 Å². The quantitative estimate of drug-likeness (QED) is 0.829. The number of aliphatic carboxylic acids is 1. The Hall–Kier alpha value is -1.58. The van der Waals surface area contributed by atoms with Crippen molar-refractivity contribution < 1.29 is 19.4 Å². The molecule has 0 bridgehead atoms. The summed E-state index contributed by atoms with van der Waals surface area (Å²) in [5, 5.41) is 18.5. The molecule has 1 aliphatic carbocycles. The predicted octanol–water partition coefficient (Wildman–Crippen LogP) is 2.43. The van der Waals surface area contributed by atoms with Gasteiger partial charge in [0.25, 0.3) is 0 Å². The van der Waals surface area contributed by atoms with E-state index in [-0.39, 0.29) is 12.2 Å². The third kappa shape index (κ3) is 1.75. The number of hydrogen-bond acceptors (Lipinski definition) is 2. The highest BCUT2D eigenvalue weighted by atomic mass is 19.1. The van der Waals surface area contributed by atoms with Gasteiger partial charge in [-0.1, -0.05) is 6.42 Å². The monoisotopic (exact) mass is 224 g/mol. The molecule has 0 saturated heterocycles. The molecule has 3 nitrogen and oxygen atoms in total. The smallest absolute Gasteiger partial charge is 0.304 e. The second-order valence-electron chi connectivity index (χ2n) is 4.37. The van der Waals surface area contributed by atoms with Gasteiger partial charge in [0, 0.05) is 11.0 Å². The van der Waals surface area contributed by atoms with E-state index in [1.54, 1.807) is 0 Å². The van der Waals surface area contributed by atoms with Gasteiger partial charge in [0.15, 0.2) is 0 Å². The number of phenolic OH excluding ortho intramolecular Hbond substituents is 1. The molecule has 0 amide bonds. The number of carbonyl (C=O) groups is 1. The van der Waals surface area contributed by atoms with Gasteiger partial charge >= 0.3 is 5.97 Å².